The molecule has 4 nitrogen and oxygen atoms in total. The Hall–Kier alpha value is -1.84. The minimum Gasteiger partial charge on any atom is -0.494 e. The maximum Gasteiger partial charge on any atom is 0.243 e. The van der Waals surface area contributed by atoms with Gasteiger partial charge in [-0.1, -0.05) is 0 Å². The van der Waals surface area contributed by atoms with E-state index < -0.39 is 0 Å². The number of amides is 1. The molecule has 1 heterocycles. The van der Waals surface area contributed by atoms with E-state index in [4.69, 9.17) is 4.74 Å². The van der Waals surface area contributed by atoms with Crippen LogP contribution in [0, 0.1) is 11.8 Å². The van der Waals surface area contributed by atoms with Gasteiger partial charge in [0.25, 0.3) is 0 Å². The van der Waals surface area contributed by atoms with E-state index in [1.165, 1.54) is 0 Å². The van der Waals surface area contributed by atoms with Crippen molar-refractivity contribution in [3.05, 3.63) is 29.8 Å². The fourth-order valence-electron chi connectivity index (χ4n) is 2.24. The number of ether oxygens (including phenoxy) is 1. The quantitative estimate of drug-likeness (QED) is 0.856. The summed E-state index contributed by atoms with van der Waals surface area (Å²) in [6.45, 7) is 2.63. The van der Waals surface area contributed by atoms with Crippen LogP contribution in [-0.2, 0) is 4.79 Å². The molecule has 0 bridgehead atoms. The predicted octanol–water partition coefficient (Wildman–Crippen LogP) is 1.56. The second-order valence-corrected chi connectivity index (χ2v) is 4.38. The molecule has 1 aromatic carbocycles. The van der Waals surface area contributed by atoms with Gasteiger partial charge in [-0.05, 0) is 43.2 Å². The van der Waals surface area contributed by atoms with E-state index in [9.17, 15) is 4.79 Å². The highest BCUT2D eigenvalue weighted by atomic mass is 16.5. The van der Waals surface area contributed by atoms with Crippen LogP contribution < -0.4 is 10.2 Å². The summed E-state index contributed by atoms with van der Waals surface area (Å²) in [6, 6.07) is 7.87. The number of hydrazone groups is 1. The van der Waals surface area contributed by atoms with Gasteiger partial charge in [0.05, 0.1) is 12.3 Å². The van der Waals surface area contributed by atoms with Crippen LogP contribution in [0.3, 0.4) is 0 Å². The van der Waals surface area contributed by atoms with Crippen molar-refractivity contribution in [2.75, 3.05) is 6.61 Å². The summed E-state index contributed by atoms with van der Waals surface area (Å²) in [5.74, 6) is 1.39. The topological polar surface area (TPSA) is 50.7 Å². The monoisotopic (exact) mass is 230 g/mol. The number of benzene rings is 1. The van der Waals surface area contributed by atoms with Crippen molar-refractivity contribution in [2.45, 2.75) is 13.3 Å². The number of rotatable bonds is 3. The number of hydrogen-bond donors (Lipinski definition) is 1. The number of carbonyl (C=O) groups excluding carboxylic acids is 1. The van der Waals surface area contributed by atoms with E-state index in [0.29, 0.717) is 12.5 Å². The lowest BCUT2D eigenvalue weighted by atomic mass is 10.0. The lowest BCUT2D eigenvalue weighted by molar-refractivity contribution is -0.122. The molecule has 1 aliphatic heterocycles. The Morgan fingerprint density at radius 1 is 1.35 bits per heavy atom. The molecule has 0 spiro atoms. The van der Waals surface area contributed by atoms with E-state index in [-0.39, 0.29) is 11.8 Å². The molecule has 2 atom stereocenters. The van der Waals surface area contributed by atoms with E-state index in [0.717, 1.165) is 23.4 Å². The summed E-state index contributed by atoms with van der Waals surface area (Å²) < 4.78 is 5.39. The van der Waals surface area contributed by atoms with Crippen LogP contribution in [0.4, 0.5) is 0 Å². The van der Waals surface area contributed by atoms with Crippen molar-refractivity contribution in [3.8, 4) is 5.75 Å². The highest BCUT2D eigenvalue weighted by Gasteiger charge is 2.49. The summed E-state index contributed by atoms with van der Waals surface area (Å²) in [4.78, 5) is 11.3. The van der Waals surface area contributed by atoms with Crippen molar-refractivity contribution in [1.29, 1.82) is 0 Å². The Bertz CT molecular complexity index is 479. The lowest BCUT2D eigenvalue weighted by Gasteiger charge is -2.12. The molecule has 1 saturated carbocycles. The molecule has 2 aliphatic rings. The first-order valence-corrected chi connectivity index (χ1v) is 5.90. The standard InChI is InChI=1S/C13H14N2O2/c1-2-17-9-5-3-8(4-6-9)12-10-7-11(10)13(16)15-14-12/h3-6,10-11H,2,7H2,1H3,(H,15,16)/t10-,11-/m0/s1. The minimum atomic E-state index is 0.0599. The molecule has 1 aliphatic carbocycles. The predicted molar refractivity (Wildman–Crippen MR) is 63.9 cm³/mol. The van der Waals surface area contributed by atoms with Crippen LogP contribution in [0.1, 0.15) is 18.9 Å². The molecule has 1 aromatic rings. The number of nitrogens with one attached hydrogen (secondary N) is 1. The van der Waals surface area contributed by atoms with Gasteiger partial charge in [0.1, 0.15) is 5.75 Å². The van der Waals surface area contributed by atoms with Gasteiger partial charge >= 0.3 is 0 Å². The molecule has 0 saturated heterocycles. The Morgan fingerprint density at radius 3 is 2.82 bits per heavy atom. The number of nitrogens with zero attached hydrogens (tertiary/aromatic N) is 1. The first-order chi connectivity index (χ1) is 8.29. The SMILES string of the molecule is CCOc1ccc(C2=NNC(=O)[C@H]3C[C@H]23)cc1. The number of carbonyl (C=O) groups is 1. The van der Waals surface area contributed by atoms with Gasteiger partial charge in [0, 0.05) is 11.8 Å². The fourth-order valence-corrected chi connectivity index (χ4v) is 2.24. The van der Waals surface area contributed by atoms with Crippen LogP contribution >= 0.6 is 0 Å². The summed E-state index contributed by atoms with van der Waals surface area (Å²) >= 11 is 0. The van der Waals surface area contributed by atoms with Crippen molar-refractivity contribution in [1.82, 2.24) is 5.43 Å². The smallest absolute Gasteiger partial charge is 0.243 e. The second kappa shape index (κ2) is 3.87. The average molecular weight is 230 g/mol. The maximum absolute atomic E-state index is 11.3. The van der Waals surface area contributed by atoms with Gasteiger partial charge in [0.15, 0.2) is 0 Å². The van der Waals surface area contributed by atoms with Crippen LogP contribution in [0.2, 0.25) is 0 Å². The molecule has 4 heteroatoms. The highest BCUT2D eigenvalue weighted by molar-refractivity contribution is 6.09. The molecule has 17 heavy (non-hydrogen) atoms. The molecular formula is C13H14N2O2. The summed E-state index contributed by atoms with van der Waals surface area (Å²) in [5.41, 5.74) is 4.65. The van der Waals surface area contributed by atoms with Gasteiger partial charge in [-0.15, -0.1) is 0 Å². The molecule has 0 radical (unpaired) electrons. The number of fused-ring (bicyclic) bond motifs is 1. The number of hydrogen-bond acceptors (Lipinski definition) is 3. The maximum atomic E-state index is 11.3. The third kappa shape index (κ3) is 1.79. The van der Waals surface area contributed by atoms with E-state index >= 15 is 0 Å². The molecule has 1 amide bonds. The normalized spacial score (nSPS) is 25.7. The van der Waals surface area contributed by atoms with Gasteiger partial charge < -0.3 is 4.74 Å². The van der Waals surface area contributed by atoms with E-state index in [2.05, 4.69) is 10.5 Å². The largest absolute Gasteiger partial charge is 0.494 e. The van der Waals surface area contributed by atoms with Crippen molar-refractivity contribution < 1.29 is 9.53 Å². The first-order valence-electron chi connectivity index (χ1n) is 5.90. The van der Waals surface area contributed by atoms with Crippen molar-refractivity contribution in [2.24, 2.45) is 16.9 Å². The zero-order chi connectivity index (χ0) is 11.8. The molecule has 1 fully saturated rings. The molecule has 88 valence electrons. The zero-order valence-electron chi connectivity index (χ0n) is 9.64. The molecule has 0 unspecified atom stereocenters. The summed E-state index contributed by atoms with van der Waals surface area (Å²) in [6.07, 6.45) is 0.928. The van der Waals surface area contributed by atoms with Gasteiger partial charge in [-0.25, -0.2) is 5.43 Å². The van der Waals surface area contributed by atoms with Crippen LogP contribution in [0.25, 0.3) is 0 Å². The van der Waals surface area contributed by atoms with E-state index in [1.54, 1.807) is 0 Å². The van der Waals surface area contributed by atoms with Gasteiger partial charge in [-0.3, -0.25) is 4.79 Å². The third-order valence-electron chi connectivity index (χ3n) is 3.23. The van der Waals surface area contributed by atoms with Gasteiger partial charge in [0.2, 0.25) is 5.91 Å². The Kier molecular flexibility index (Phi) is 2.35. The highest BCUT2D eigenvalue weighted by Crippen LogP contribution is 2.43. The Labute approximate surface area is 99.7 Å². The van der Waals surface area contributed by atoms with E-state index in [1.807, 2.05) is 31.2 Å². The summed E-state index contributed by atoms with van der Waals surface area (Å²) in [5, 5.41) is 4.16. The zero-order valence-corrected chi connectivity index (χ0v) is 9.64. The van der Waals surface area contributed by atoms with Crippen LogP contribution in [-0.4, -0.2) is 18.2 Å². The second-order valence-electron chi connectivity index (χ2n) is 4.38. The Balaban J connectivity index is 1.83. The molecule has 1 N–H and O–H groups in total. The first kappa shape index (κ1) is 10.3. The average Bonchev–Trinajstić information content (AvgIpc) is 3.12. The van der Waals surface area contributed by atoms with Crippen LogP contribution in [0.5, 0.6) is 5.75 Å². The Morgan fingerprint density at radius 2 is 2.12 bits per heavy atom. The van der Waals surface area contributed by atoms with Crippen molar-refractivity contribution >= 4 is 11.6 Å². The molecule has 3 rings (SSSR count). The van der Waals surface area contributed by atoms with Crippen LogP contribution in [0.15, 0.2) is 29.4 Å². The third-order valence-corrected chi connectivity index (χ3v) is 3.23. The lowest BCUT2D eigenvalue weighted by Crippen LogP contribution is -2.28. The fraction of sp³-hybridized carbons (Fsp3) is 0.385. The molecule has 0 aromatic heterocycles. The summed E-state index contributed by atoms with van der Waals surface area (Å²) in [7, 11) is 0. The van der Waals surface area contributed by atoms with Gasteiger partial charge in [-0.2, -0.15) is 5.10 Å². The van der Waals surface area contributed by atoms with Crippen molar-refractivity contribution in [3.63, 3.8) is 0 Å². The molecular weight excluding hydrogens is 216 g/mol. The minimum absolute atomic E-state index is 0.0599.